The molecule has 2 N–H and O–H groups in total. The Balaban J connectivity index is 1.39. The molecule has 0 radical (unpaired) electrons. The molecule has 1 aliphatic carbocycles. The summed E-state index contributed by atoms with van der Waals surface area (Å²) >= 11 is 0. The summed E-state index contributed by atoms with van der Waals surface area (Å²) in [5.41, 5.74) is 0.331. The number of piperidine rings is 2. The average Bonchev–Trinajstić information content (AvgIpc) is 2.77. The first-order valence-electron chi connectivity index (χ1n) is 11.5. The van der Waals surface area contributed by atoms with E-state index in [1.54, 1.807) is 0 Å². The fourth-order valence-electron chi connectivity index (χ4n) is 5.66. The number of hydrogen-bond acceptors (Lipinski definition) is 4. The molecule has 2 saturated heterocycles. The van der Waals surface area contributed by atoms with Crippen LogP contribution in [0.1, 0.15) is 63.0 Å². The number of carbonyl (C=O) groups excluding carboxylic acids is 2. The van der Waals surface area contributed by atoms with E-state index in [1.165, 1.54) is 19.3 Å². The summed E-state index contributed by atoms with van der Waals surface area (Å²) in [5.74, 6) is 0.164. The Morgan fingerprint density at radius 2 is 1.93 bits per heavy atom. The zero-order chi connectivity index (χ0) is 21.1. The fourth-order valence-corrected chi connectivity index (χ4v) is 5.66. The second-order valence-corrected chi connectivity index (χ2v) is 9.52. The molecule has 6 heteroatoms. The monoisotopic (exact) mass is 413 g/mol. The quantitative estimate of drug-likeness (QED) is 0.795. The van der Waals surface area contributed by atoms with Gasteiger partial charge in [0.1, 0.15) is 0 Å². The number of hydrogen-bond donors (Lipinski definition) is 2. The lowest BCUT2D eigenvalue weighted by Crippen LogP contribution is -2.60. The molecular weight excluding hydrogens is 378 g/mol. The van der Waals surface area contributed by atoms with Crippen LogP contribution in [0.15, 0.2) is 30.3 Å². The van der Waals surface area contributed by atoms with E-state index in [-0.39, 0.29) is 17.9 Å². The minimum absolute atomic E-state index is 0.0134. The third-order valence-corrected chi connectivity index (χ3v) is 7.44. The highest BCUT2D eigenvalue weighted by atomic mass is 16.3. The Hall–Kier alpha value is -1.92. The normalized spacial score (nSPS) is 30.8. The van der Waals surface area contributed by atoms with Crippen molar-refractivity contribution in [3.8, 4) is 0 Å². The van der Waals surface area contributed by atoms with Gasteiger partial charge in [-0.15, -0.1) is 0 Å². The summed E-state index contributed by atoms with van der Waals surface area (Å²) in [6.07, 6.45) is 7.34. The van der Waals surface area contributed by atoms with E-state index >= 15 is 0 Å². The molecule has 2 amide bonds. The Labute approximate surface area is 179 Å². The molecule has 3 fully saturated rings. The molecular formula is C24H35N3O3. The number of carbonyl (C=O) groups is 2. The molecule has 2 aliphatic heterocycles. The van der Waals surface area contributed by atoms with E-state index in [0.29, 0.717) is 25.6 Å². The van der Waals surface area contributed by atoms with Gasteiger partial charge in [0, 0.05) is 19.6 Å². The van der Waals surface area contributed by atoms with E-state index < -0.39 is 11.5 Å². The van der Waals surface area contributed by atoms with Crippen LogP contribution in [0, 0.1) is 5.41 Å². The number of nitrogens with one attached hydrogen (secondary N) is 1. The number of amides is 2. The van der Waals surface area contributed by atoms with Crippen molar-refractivity contribution < 1.29 is 14.7 Å². The van der Waals surface area contributed by atoms with E-state index in [4.69, 9.17) is 0 Å². The Morgan fingerprint density at radius 3 is 2.67 bits per heavy atom. The molecule has 6 nitrogen and oxygen atoms in total. The molecule has 4 rings (SSSR count). The van der Waals surface area contributed by atoms with Crippen LogP contribution in [0.3, 0.4) is 0 Å². The van der Waals surface area contributed by atoms with E-state index in [0.717, 1.165) is 37.8 Å². The van der Waals surface area contributed by atoms with E-state index in [1.807, 2.05) is 42.3 Å². The van der Waals surface area contributed by atoms with Gasteiger partial charge in [0.15, 0.2) is 0 Å². The topological polar surface area (TPSA) is 72.9 Å². The van der Waals surface area contributed by atoms with Gasteiger partial charge in [-0.2, -0.15) is 0 Å². The first-order chi connectivity index (χ1) is 14.5. The molecule has 0 unspecified atom stereocenters. The van der Waals surface area contributed by atoms with Gasteiger partial charge in [0.05, 0.1) is 24.1 Å². The molecule has 3 aliphatic rings. The average molecular weight is 414 g/mol. The van der Waals surface area contributed by atoms with Crippen LogP contribution in [0.4, 0.5) is 0 Å². The first kappa shape index (κ1) is 21.3. The zero-order valence-electron chi connectivity index (χ0n) is 18.1. The Kier molecular flexibility index (Phi) is 6.44. The minimum Gasteiger partial charge on any atom is -0.391 e. The van der Waals surface area contributed by atoms with E-state index in [9.17, 15) is 14.7 Å². The number of likely N-dealkylation sites (tertiary alicyclic amines) is 1. The molecule has 0 bridgehead atoms. The molecule has 30 heavy (non-hydrogen) atoms. The first-order valence-corrected chi connectivity index (χ1v) is 11.5. The van der Waals surface area contributed by atoms with Crippen LogP contribution in [0.5, 0.6) is 0 Å². The van der Waals surface area contributed by atoms with Gasteiger partial charge in [0.2, 0.25) is 11.8 Å². The van der Waals surface area contributed by atoms with Crippen LogP contribution in [-0.4, -0.2) is 65.5 Å². The summed E-state index contributed by atoms with van der Waals surface area (Å²) in [6.45, 7) is 1.74. The fraction of sp³-hybridized carbons (Fsp3) is 0.667. The van der Waals surface area contributed by atoms with Gasteiger partial charge in [-0.3, -0.25) is 14.5 Å². The maximum Gasteiger partial charge on any atom is 0.236 e. The van der Waals surface area contributed by atoms with Crippen LogP contribution in [0.25, 0.3) is 0 Å². The second-order valence-electron chi connectivity index (χ2n) is 9.52. The highest BCUT2D eigenvalue weighted by Crippen LogP contribution is 2.41. The number of likely N-dealkylation sites (N-methyl/N-ethyl adjacent to an activating group) is 1. The molecule has 1 aromatic carbocycles. The van der Waals surface area contributed by atoms with Crippen molar-refractivity contribution in [2.45, 2.75) is 69.6 Å². The summed E-state index contributed by atoms with van der Waals surface area (Å²) in [5, 5.41) is 14.0. The van der Waals surface area contributed by atoms with Crippen LogP contribution in [-0.2, 0) is 9.59 Å². The molecule has 1 aromatic rings. The molecule has 164 valence electrons. The number of benzene rings is 1. The van der Waals surface area contributed by atoms with Gasteiger partial charge in [-0.1, -0.05) is 49.6 Å². The van der Waals surface area contributed by atoms with Crippen molar-refractivity contribution in [3.05, 3.63) is 35.9 Å². The molecule has 0 aromatic heterocycles. The van der Waals surface area contributed by atoms with Crippen molar-refractivity contribution in [1.29, 1.82) is 0 Å². The lowest BCUT2D eigenvalue weighted by molar-refractivity contribution is -0.147. The van der Waals surface area contributed by atoms with Crippen LogP contribution in [0.2, 0.25) is 0 Å². The van der Waals surface area contributed by atoms with Crippen molar-refractivity contribution in [2.24, 2.45) is 5.41 Å². The number of nitrogens with zero attached hydrogens (tertiary/aromatic N) is 2. The maximum atomic E-state index is 13.2. The molecule has 1 spiro atoms. The van der Waals surface area contributed by atoms with Crippen molar-refractivity contribution in [2.75, 3.05) is 26.7 Å². The highest BCUT2D eigenvalue weighted by molar-refractivity contribution is 5.85. The lowest BCUT2D eigenvalue weighted by Gasteiger charge is -2.47. The molecule has 3 atom stereocenters. The number of aliphatic hydroxyl groups is 1. The van der Waals surface area contributed by atoms with Gasteiger partial charge < -0.3 is 15.3 Å². The van der Waals surface area contributed by atoms with Crippen molar-refractivity contribution in [1.82, 2.24) is 15.1 Å². The molecule has 2 heterocycles. The largest absolute Gasteiger partial charge is 0.391 e. The zero-order valence-corrected chi connectivity index (χ0v) is 18.1. The van der Waals surface area contributed by atoms with Crippen molar-refractivity contribution >= 4 is 11.8 Å². The lowest BCUT2D eigenvalue weighted by atomic mass is 9.70. The highest BCUT2D eigenvalue weighted by Gasteiger charge is 2.49. The van der Waals surface area contributed by atoms with Gasteiger partial charge >= 0.3 is 0 Å². The third kappa shape index (κ3) is 4.40. The molecule has 1 saturated carbocycles. The smallest absolute Gasteiger partial charge is 0.236 e. The summed E-state index contributed by atoms with van der Waals surface area (Å²) in [7, 11) is 1.93. The van der Waals surface area contributed by atoms with Crippen molar-refractivity contribution in [3.63, 3.8) is 0 Å². The Bertz CT molecular complexity index is 749. The summed E-state index contributed by atoms with van der Waals surface area (Å²) in [6, 6.07) is 9.67. The summed E-state index contributed by atoms with van der Waals surface area (Å²) in [4.78, 5) is 30.1. The van der Waals surface area contributed by atoms with Gasteiger partial charge in [-0.05, 0) is 44.2 Å². The predicted octanol–water partition coefficient (Wildman–Crippen LogP) is 2.48. The standard InChI is InChI=1S/C24H35N3O3/c1-26(19-11-6-3-7-12-19)21(29)16-27-14-8-13-24(17-27)15-20(28)22(25-23(24)30)18-9-4-2-5-10-18/h2,4-5,9-10,19-20,22,28H,3,6-8,11-17H2,1H3,(H,25,30)/t20-,22+,24-/m1/s1. The third-order valence-electron chi connectivity index (χ3n) is 7.44. The maximum absolute atomic E-state index is 13.2. The van der Waals surface area contributed by atoms with Gasteiger partial charge in [0.25, 0.3) is 0 Å². The van der Waals surface area contributed by atoms with E-state index in [2.05, 4.69) is 10.2 Å². The Morgan fingerprint density at radius 1 is 1.20 bits per heavy atom. The number of aliphatic hydroxyl groups excluding tert-OH is 1. The van der Waals surface area contributed by atoms with Crippen LogP contribution >= 0.6 is 0 Å². The SMILES string of the molecule is CN(C(=O)CN1CCC[C@@]2(C[C@@H](O)[C@H](c3ccccc3)NC2=O)C1)C1CCCCC1. The van der Waals surface area contributed by atoms with Crippen LogP contribution < -0.4 is 5.32 Å². The minimum atomic E-state index is -0.620. The van der Waals surface area contributed by atoms with Gasteiger partial charge in [-0.25, -0.2) is 0 Å². The predicted molar refractivity (Wildman–Crippen MR) is 116 cm³/mol. The number of rotatable bonds is 4. The second kappa shape index (κ2) is 9.06. The summed E-state index contributed by atoms with van der Waals surface area (Å²) < 4.78 is 0.